The minimum absolute atomic E-state index is 0.119. The molecule has 0 unspecified atom stereocenters. The Balaban J connectivity index is 2.18. The molecule has 27 heavy (non-hydrogen) atoms. The molecule has 0 spiro atoms. The fraction of sp³-hybridized carbons (Fsp3) is 0.368. The van der Waals surface area contributed by atoms with E-state index in [0.717, 1.165) is 30.8 Å². The minimum Gasteiger partial charge on any atom is -0.370 e. The molecule has 1 N–H and O–H groups in total. The van der Waals surface area contributed by atoms with Gasteiger partial charge in [0, 0.05) is 18.4 Å². The van der Waals surface area contributed by atoms with Gasteiger partial charge in [0.05, 0.1) is 4.90 Å². The summed E-state index contributed by atoms with van der Waals surface area (Å²) in [6, 6.07) is 10.4. The summed E-state index contributed by atoms with van der Waals surface area (Å²) in [5.41, 5.74) is 2.09. The molecule has 3 rings (SSSR count). The molecular weight excluding hydrogens is 362 g/mol. The van der Waals surface area contributed by atoms with E-state index in [1.54, 1.807) is 41.9 Å². The van der Waals surface area contributed by atoms with Gasteiger partial charge in [0.1, 0.15) is 0 Å². The number of nitrogens with one attached hydrogen (secondary N) is 1. The fourth-order valence-corrected chi connectivity index (χ4v) is 4.60. The van der Waals surface area contributed by atoms with Crippen LogP contribution in [0, 0.1) is 6.92 Å². The van der Waals surface area contributed by atoms with Crippen molar-refractivity contribution in [2.45, 2.75) is 29.6 Å². The molecule has 1 aromatic carbocycles. The van der Waals surface area contributed by atoms with Crippen LogP contribution in [0.15, 0.2) is 46.2 Å². The fourth-order valence-electron chi connectivity index (χ4n) is 3.08. The number of hydrogen-bond donors (Lipinski definition) is 1. The molecule has 0 aliphatic rings. The summed E-state index contributed by atoms with van der Waals surface area (Å²) < 4.78 is 28.2. The van der Waals surface area contributed by atoms with Crippen molar-refractivity contribution in [1.29, 1.82) is 0 Å². The Kier molecular flexibility index (Phi) is 5.48. The average Bonchev–Trinajstić information content (AvgIpc) is 3.01. The molecule has 0 saturated carbocycles. The van der Waals surface area contributed by atoms with Crippen LogP contribution in [0.25, 0.3) is 5.65 Å². The van der Waals surface area contributed by atoms with Crippen molar-refractivity contribution in [2.24, 2.45) is 0 Å². The van der Waals surface area contributed by atoms with Crippen LogP contribution in [-0.4, -0.2) is 55.6 Å². The van der Waals surface area contributed by atoms with E-state index in [1.165, 1.54) is 0 Å². The standard InChI is InChI=1S/C19H25N5O2S/c1-14-13-15(9-8-12-23(3)4)24-19(21-14)17(18(20-2)22-24)27(25,26)16-10-6-5-7-11-16/h5-7,10-11,13H,8-9,12H2,1-4H3,(H,20,22). The Morgan fingerprint density at radius 1 is 1.19 bits per heavy atom. The molecule has 0 saturated heterocycles. The summed E-state index contributed by atoms with van der Waals surface area (Å²) in [4.78, 5) is 6.98. The van der Waals surface area contributed by atoms with Crippen molar-refractivity contribution >= 4 is 21.3 Å². The number of fused-ring (bicyclic) bond motifs is 1. The van der Waals surface area contributed by atoms with Gasteiger partial charge in [-0.05, 0) is 58.6 Å². The summed E-state index contributed by atoms with van der Waals surface area (Å²) >= 11 is 0. The zero-order chi connectivity index (χ0) is 19.6. The van der Waals surface area contributed by atoms with Crippen LogP contribution in [0.3, 0.4) is 0 Å². The molecule has 3 aromatic rings. The zero-order valence-electron chi connectivity index (χ0n) is 16.1. The second-order valence-electron chi connectivity index (χ2n) is 6.78. The molecule has 144 valence electrons. The second kappa shape index (κ2) is 7.66. The smallest absolute Gasteiger partial charge is 0.214 e. The normalized spacial score (nSPS) is 12.0. The van der Waals surface area contributed by atoms with Gasteiger partial charge in [-0.3, -0.25) is 0 Å². The SMILES string of the molecule is CNc1nn2c(CCCN(C)C)cc(C)nc2c1S(=O)(=O)c1ccccc1. The van der Waals surface area contributed by atoms with Gasteiger partial charge in [-0.2, -0.15) is 0 Å². The van der Waals surface area contributed by atoms with E-state index in [1.807, 2.05) is 27.1 Å². The molecule has 7 nitrogen and oxygen atoms in total. The highest BCUT2D eigenvalue weighted by molar-refractivity contribution is 7.91. The Morgan fingerprint density at radius 3 is 2.52 bits per heavy atom. The zero-order valence-corrected chi connectivity index (χ0v) is 16.9. The lowest BCUT2D eigenvalue weighted by Gasteiger charge is -2.10. The monoisotopic (exact) mass is 387 g/mol. The van der Waals surface area contributed by atoms with E-state index in [4.69, 9.17) is 0 Å². The van der Waals surface area contributed by atoms with E-state index in [2.05, 4.69) is 20.3 Å². The summed E-state index contributed by atoms with van der Waals surface area (Å²) in [5.74, 6) is 0.311. The quantitative estimate of drug-likeness (QED) is 0.671. The van der Waals surface area contributed by atoms with Crippen LogP contribution in [0.1, 0.15) is 17.8 Å². The predicted octanol–water partition coefficient (Wildman–Crippen LogP) is 2.41. The van der Waals surface area contributed by atoms with Crippen LogP contribution in [-0.2, 0) is 16.3 Å². The van der Waals surface area contributed by atoms with Gasteiger partial charge in [-0.15, -0.1) is 5.10 Å². The summed E-state index contributed by atoms with van der Waals surface area (Å²) in [7, 11) is 1.99. The average molecular weight is 388 g/mol. The summed E-state index contributed by atoms with van der Waals surface area (Å²) in [6.45, 7) is 2.82. The van der Waals surface area contributed by atoms with Crippen LogP contribution >= 0.6 is 0 Å². The highest BCUT2D eigenvalue weighted by Gasteiger charge is 2.29. The largest absolute Gasteiger partial charge is 0.370 e. The molecule has 0 aliphatic heterocycles. The van der Waals surface area contributed by atoms with Crippen LogP contribution in [0.4, 0.5) is 5.82 Å². The van der Waals surface area contributed by atoms with Gasteiger partial charge in [-0.1, -0.05) is 18.2 Å². The first kappa shape index (κ1) is 19.3. The first-order valence-electron chi connectivity index (χ1n) is 8.86. The number of anilines is 1. The van der Waals surface area contributed by atoms with Gasteiger partial charge >= 0.3 is 0 Å². The Morgan fingerprint density at radius 2 is 1.89 bits per heavy atom. The van der Waals surface area contributed by atoms with Gasteiger partial charge in [0.25, 0.3) is 0 Å². The maximum Gasteiger partial charge on any atom is 0.214 e. The van der Waals surface area contributed by atoms with Crippen molar-refractivity contribution in [2.75, 3.05) is 33.0 Å². The van der Waals surface area contributed by atoms with Crippen molar-refractivity contribution in [1.82, 2.24) is 19.5 Å². The van der Waals surface area contributed by atoms with Gasteiger partial charge in [0.15, 0.2) is 16.4 Å². The van der Waals surface area contributed by atoms with E-state index in [0.29, 0.717) is 11.5 Å². The maximum atomic E-state index is 13.3. The molecule has 2 aromatic heterocycles. The highest BCUT2D eigenvalue weighted by Crippen LogP contribution is 2.31. The maximum absolute atomic E-state index is 13.3. The molecule has 0 amide bonds. The van der Waals surface area contributed by atoms with Crippen molar-refractivity contribution in [3.8, 4) is 0 Å². The third-order valence-electron chi connectivity index (χ3n) is 4.35. The predicted molar refractivity (Wildman–Crippen MR) is 106 cm³/mol. The number of benzene rings is 1. The first-order chi connectivity index (χ1) is 12.8. The topological polar surface area (TPSA) is 79.6 Å². The summed E-state index contributed by atoms with van der Waals surface area (Å²) in [6.07, 6.45) is 1.73. The number of rotatable bonds is 7. The Labute approximate surface area is 160 Å². The third-order valence-corrected chi connectivity index (χ3v) is 6.15. The van der Waals surface area contributed by atoms with Gasteiger partial charge in [0.2, 0.25) is 9.84 Å². The number of aromatic nitrogens is 3. The highest BCUT2D eigenvalue weighted by atomic mass is 32.2. The van der Waals surface area contributed by atoms with Gasteiger partial charge < -0.3 is 10.2 Å². The van der Waals surface area contributed by atoms with Crippen LogP contribution in [0.5, 0.6) is 0 Å². The second-order valence-corrected chi connectivity index (χ2v) is 8.66. The minimum atomic E-state index is -3.75. The number of aryl methyl sites for hydroxylation is 2. The van der Waals surface area contributed by atoms with Crippen LogP contribution in [0.2, 0.25) is 0 Å². The van der Waals surface area contributed by atoms with Crippen LogP contribution < -0.4 is 5.32 Å². The van der Waals surface area contributed by atoms with Crippen molar-refractivity contribution < 1.29 is 8.42 Å². The molecule has 0 aliphatic carbocycles. The van der Waals surface area contributed by atoms with Gasteiger partial charge in [-0.25, -0.2) is 17.9 Å². The van der Waals surface area contributed by atoms with E-state index >= 15 is 0 Å². The number of nitrogens with zero attached hydrogens (tertiary/aromatic N) is 4. The molecule has 0 atom stereocenters. The molecule has 0 radical (unpaired) electrons. The summed E-state index contributed by atoms with van der Waals surface area (Å²) in [5, 5.41) is 7.43. The van der Waals surface area contributed by atoms with Crippen molar-refractivity contribution in [3.05, 3.63) is 47.8 Å². The molecule has 0 fully saturated rings. The van der Waals surface area contributed by atoms with E-state index in [9.17, 15) is 8.42 Å². The lowest BCUT2D eigenvalue weighted by molar-refractivity contribution is 0.399. The number of sulfone groups is 1. The lowest BCUT2D eigenvalue weighted by atomic mass is 10.2. The Hall–Kier alpha value is -2.45. The third kappa shape index (κ3) is 3.81. The first-order valence-corrected chi connectivity index (χ1v) is 10.3. The lowest BCUT2D eigenvalue weighted by Crippen LogP contribution is -2.14. The molecular formula is C19H25N5O2S. The molecule has 8 heteroatoms. The molecule has 0 bridgehead atoms. The molecule has 2 heterocycles. The van der Waals surface area contributed by atoms with E-state index in [-0.39, 0.29) is 9.79 Å². The Bertz CT molecular complexity index is 1040. The number of hydrogen-bond acceptors (Lipinski definition) is 6. The van der Waals surface area contributed by atoms with E-state index < -0.39 is 9.84 Å². The van der Waals surface area contributed by atoms with Crippen molar-refractivity contribution in [3.63, 3.8) is 0 Å².